The Morgan fingerprint density at radius 2 is 1.83 bits per heavy atom. The van der Waals surface area contributed by atoms with Crippen LogP contribution < -0.4 is 0 Å². The van der Waals surface area contributed by atoms with E-state index in [-0.39, 0.29) is 22.6 Å². The molecule has 0 aliphatic heterocycles. The molecule has 0 radical (unpaired) electrons. The van der Waals surface area contributed by atoms with Crippen molar-refractivity contribution in [3.63, 3.8) is 0 Å². The maximum atomic E-state index is 13.7. The third kappa shape index (κ3) is 2.55. The minimum Gasteiger partial charge on any atom is -0.250 e. The summed E-state index contributed by atoms with van der Waals surface area (Å²) in [5.41, 5.74) is 0.942. The van der Waals surface area contributed by atoms with E-state index >= 15 is 0 Å². The Hall–Kier alpha value is -2.08. The van der Waals surface area contributed by atoms with Gasteiger partial charge in [0.05, 0.1) is 22.3 Å². The van der Waals surface area contributed by atoms with Gasteiger partial charge in [-0.15, -0.1) is 0 Å². The molecule has 3 aromatic rings. The number of alkyl halides is 3. The highest BCUT2D eigenvalue weighted by Gasteiger charge is 2.39. The normalized spacial score (nSPS) is 15.2. The number of pyridine rings is 1. The number of halogens is 4. The maximum absolute atomic E-state index is 13.7. The van der Waals surface area contributed by atoms with Crippen LogP contribution >= 0.6 is 11.6 Å². The Morgan fingerprint density at radius 3 is 2.42 bits per heavy atom. The van der Waals surface area contributed by atoms with Gasteiger partial charge >= 0.3 is 6.18 Å². The van der Waals surface area contributed by atoms with Crippen LogP contribution in [0.3, 0.4) is 0 Å². The minimum absolute atomic E-state index is 0.109. The number of aryl methyl sites for hydroxylation is 1. The van der Waals surface area contributed by atoms with E-state index in [0.29, 0.717) is 16.3 Å². The number of hydrogen-bond acceptors (Lipinski definition) is 2. The van der Waals surface area contributed by atoms with Gasteiger partial charge in [0.15, 0.2) is 5.65 Å². The summed E-state index contributed by atoms with van der Waals surface area (Å²) in [7, 11) is 1.63. The first-order valence-electron chi connectivity index (χ1n) is 7.55. The lowest BCUT2D eigenvalue weighted by Gasteiger charge is -2.11. The average molecular weight is 352 g/mol. The Bertz CT molecular complexity index is 925. The van der Waals surface area contributed by atoms with Crippen molar-refractivity contribution in [1.82, 2.24) is 14.8 Å². The second-order valence-electron chi connectivity index (χ2n) is 6.04. The van der Waals surface area contributed by atoms with Crippen molar-refractivity contribution in [2.45, 2.75) is 24.9 Å². The van der Waals surface area contributed by atoms with Crippen LogP contribution in [-0.2, 0) is 13.2 Å². The van der Waals surface area contributed by atoms with Crippen LogP contribution in [0.25, 0.3) is 22.3 Å². The van der Waals surface area contributed by atoms with E-state index in [0.717, 1.165) is 18.9 Å². The third-order valence-electron chi connectivity index (χ3n) is 4.23. The van der Waals surface area contributed by atoms with Gasteiger partial charge in [-0.05, 0) is 31.0 Å². The van der Waals surface area contributed by atoms with Crippen LogP contribution in [0.2, 0.25) is 5.02 Å². The minimum atomic E-state index is -4.46. The lowest BCUT2D eigenvalue weighted by atomic mass is 10.0. The van der Waals surface area contributed by atoms with Gasteiger partial charge in [0, 0.05) is 23.6 Å². The van der Waals surface area contributed by atoms with Gasteiger partial charge in [-0.2, -0.15) is 18.3 Å². The van der Waals surface area contributed by atoms with Gasteiger partial charge in [0.1, 0.15) is 0 Å². The molecule has 0 atom stereocenters. The fourth-order valence-electron chi connectivity index (χ4n) is 2.91. The molecule has 0 saturated heterocycles. The molecule has 1 aromatic carbocycles. The van der Waals surface area contributed by atoms with E-state index in [2.05, 4.69) is 10.1 Å². The molecular formula is C17H13ClF3N3. The number of hydrogen-bond donors (Lipinski definition) is 0. The van der Waals surface area contributed by atoms with E-state index in [1.165, 1.54) is 4.68 Å². The van der Waals surface area contributed by atoms with Crippen LogP contribution in [-0.4, -0.2) is 14.8 Å². The first kappa shape index (κ1) is 15.4. The van der Waals surface area contributed by atoms with Crippen molar-refractivity contribution in [3.05, 3.63) is 46.6 Å². The molecule has 1 aliphatic rings. The predicted molar refractivity (Wildman–Crippen MR) is 85.9 cm³/mol. The molecule has 7 heteroatoms. The van der Waals surface area contributed by atoms with E-state index in [1.54, 1.807) is 31.3 Å². The van der Waals surface area contributed by atoms with Crippen LogP contribution in [0.4, 0.5) is 13.2 Å². The van der Waals surface area contributed by atoms with Crippen molar-refractivity contribution >= 4 is 22.6 Å². The number of rotatable bonds is 2. The number of fused-ring (bicyclic) bond motifs is 1. The summed E-state index contributed by atoms with van der Waals surface area (Å²) in [6.45, 7) is 0. The molecule has 0 unspecified atom stereocenters. The summed E-state index contributed by atoms with van der Waals surface area (Å²) >= 11 is 5.85. The van der Waals surface area contributed by atoms with Crippen molar-refractivity contribution in [1.29, 1.82) is 0 Å². The topological polar surface area (TPSA) is 30.7 Å². The Balaban J connectivity index is 2.01. The van der Waals surface area contributed by atoms with Crippen molar-refractivity contribution < 1.29 is 13.2 Å². The zero-order chi connectivity index (χ0) is 17.1. The Labute approximate surface area is 141 Å². The fourth-order valence-corrected chi connectivity index (χ4v) is 3.04. The molecule has 1 fully saturated rings. The number of aromatic nitrogens is 3. The highest BCUT2D eigenvalue weighted by atomic mass is 35.5. The number of nitrogens with zero attached hydrogens (tertiary/aromatic N) is 3. The number of benzene rings is 1. The lowest BCUT2D eigenvalue weighted by Crippen LogP contribution is -2.08. The lowest BCUT2D eigenvalue weighted by molar-refractivity contribution is -0.136. The van der Waals surface area contributed by atoms with Gasteiger partial charge < -0.3 is 0 Å². The van der Waals surface area contributed by atoms with Gasteiger partial charge in [-0.1, -0.05) is 23.7 Å². The highest BCUT2D eigenvalue weighted by molar-refractivity contribution is 6.30. The van der Waals surface area contributed by atoms with Crippen LogP contribution in [0.15, 0.2) is 30.3 Å². The van der Waals surface area contributed by atoms with Crippen LogP contribution in [0, 0.1) is 0 Å². The van der Waals surface area contributed by atoms with Gasteiger partial charge in [0.25, 0.3) is 0 Å². The Morgan fingerprint density at radius 1 is 1.17 bits per heavy atom. The van der Waals surface area contributed by atoms with E-state index in [1.807, 2.05) is 0 Å². The van der Waals surface area contributed by atoms with Crippen molar-refractivity contribution in [2.75, 3.05) is 0 Å². The summed E-state index contributed by atoms with van der Waals surface area (Å²) in [6, 6.07) is 7.70. The van der Waals surface area contributed by atoms with E-state index < -0.39 is 11.7 Å². The molecule has 24 heavy (non-hydrogen) atoms. The molecule has 3 nitrogen and oxygen atoms in total. The van der Waals surface area contributed by atoms with Gasteiger partial charge in [0.2, 0.25) is 0 Å². The van der Waals surface area contributed by atoms with Gasteiger partial charge in [-0.3, -0.25) is 4.68 Å². The average Bonchev–Trinajstić information content (AvgIpc) is 3.31. The van der Waals surface area contributed by atoms with Gasteiger partial charge in [-0.25, -0.2) is 4.98 Å². The van der Waals surface area contributed by atoms with Crippen LogP contribution in [0.1, 0.15) is 30.0 Å². The summed E-state index contributed by atoms with van der Waals surface area (Å²) in [5.74, 6) is 0.109. The molecule has 1 aliphatic carbocycles. The summed E-state index contributed by atoms with van der Waals surface area (Å²) in [6.07, 6.45) is -2.71. The molecule has 124 valence electrons. The van der Waals surface area contributed by atoms with Crippen LogP contribution in [0.5, 0.6) is 0 Å². The maximum Gasteiger partial charge on any atom is 0.417 e. The predicted octanol–water partition coefficient (Wildman–Crippen LogP) is 5.18. The van der Waals surface area contributed by atoms with E-state index in [4.69, 9.17) is 11.6 Å². The summed E-state index contributed by atoms with van der Waals surface area (Å²) in [5, 5.41) is 4.96. The van der Waals surface area contributed by atoms with Crippen molar-refractivity contribution in [2.24, 2.45) is 7.05 Å². The molecule has 2 aromatic heterocycles. The zero-order valence-electron chi connectivity index (χ0n) is 12.7. The molecule has 1 saturated carbocycles. The first-order valence-corrected chi connectivity index (χ1v) is 7.93. The molecule has 0 N–H and O–H groups in total. The largest absolute Gasteiger partial charge is 0.417 e. The second kappa shape index (κ2) is 5.21. The summed E-state index contributed by atoms with van der Waals surface area (Å²) < 4.78 is 42.4. The molecule has 0 spiro atoms. The highest BCUT2D eigenvalue weighted by Crippen LogP contribution is 2.46. The quantitative estimate of drug-likeness (QED) is 0.636. The first-order chi connectivity index (χ1) is 11.3. The molecular weight excluding hydrogens is 339 g/mol. The summed E-state index contributed by atoms with van der Waals surface area (Å²) in [4.78, 5) is 4.44. The molecule has 0 amide bonds. The monoisotopic (exact) mass is 351 g/mol. The smallest absolute Gasteiger partial charge is 0.250 e. The Kier molecular flexibility index (Phi) is 3.35. The molecule has 0 bridgehead atoms. The van der Waals surface area contributed by atoms with E-state index in [9.17, 15) is 13.2 Å². The molecule has 2 heterocycles. The fraction of sp³-hybridized carbons (Fsp3) is 0.294. The standard InChI is InChI=1S/C17H13ClF3N3/c1-24-16-14(15(23-24)10-2-3-10)12(17(19,20)21)8-13(22-16)9-4-6-11(18)7-5-9/h4-8,10H,2-3H2,1H3. The second-order valence-corrected chi connectivity index (χ2v) is 6.48. The zero-order valence-corrected chi connectivity index (χ0v) is 13.5. The third-order valence-corrected chi connectivity index (χ3v) is 4.48. The van der Waals surface area contributed by atoms with Crippen molar-refractivity contribution in [3.8, 4) is 11.3 Å². The SMILES string of the molecule is Cn1nc(C2CC2)c2c(C(F)(F)F)cc(-c3ccc(Cl)cc3)nc21. The molecule has 4 rings (SSSR count).